The van der Waals surface area contributed by atoms with Crippen molar-refractivity contribution in [3.63, 3.8) is 0 Å². The van der Waals surface area contributed by atoms with Gasteiger partial charge in [0.2, 0.25) is 0 Å². The smallest absolute Gasteiger partial charge is 0.292 e. The quantitative estimate of drug-likeness (QED) is 0.502. The van der Waals surface area contributed by atoms with Gasteiger partial charge in [0.25, 0.3) is 5.69 Å². The van der Waals surface area contributed by atoms with Gasteiger partial charge in [0.1, 0.15) is 16.5 Å². The number of nitrogens with zero attached hydrogens (tertiary/aromatic N) is 2. The molecule has 0 aliphatic rings. The average Bonchev–Trinajstić information content (AvgIpc) is 2.72. The van der Waals surface area contributed by atoms with Gasteiger partial charge in [-0.1, -0.05) is 0 Å². The molecule has 0 saturated carbocycles. The average molecular weight is 379 g/mol. The van der Waals surface area contributed by atoms with Crippen molar-refractivity contribution in [2.75, 3.05) is 5.32 Å². The third kappa shape index (κ3) is 3.13. The highest BCUT2D eigenvalue weighted by atomic mass is 127. The standard InChI is InChI=1S/C10H7FIN3O2S/c11-6-1-2-8(15(16)17)7(3-6)13-5-10-14-4-9(12)18-10/h1-4,13H,5H2. The lowest BCUT2D eigenvalue weighted by Gasteiger charge is -2.05. The summed E-state index contributed by atoms with van der Waals surface area (Å²) in [6.45, 7) is 0.331. The summed E-state index contributed by atoms with van der Waals surface area (Å²) in [5.74, 6) is -0.517. The van der Waals surface area contributed by atoms with E-state index in [2.05, 4.69) is 32.9 Å². The monoisotopic (exact) mass is 379 g/mol. The van der Waals surface area contributed by atoms with Gasteiger partial charge in [0.05, 0.1) is 20.5 Å². The number of hydrogen-bond acceptors (Lipinski definition) is 5. The van der Waals surface area contributed by atoms with Gasteiger partial charge in [0, 0.05) is 12.1 Å². The van der Waals surface area contributed by atoms with Gasteiger partial charge in [-0.15, -0.1) is 11.3 Å². The van der Waals surface area contributed by atoms with Crippen molar-refractivity contribution in [2.24, 2.45) is 0 Å². The van der Waals surface area contributed by atoms with Crippen molar-refractivity contribution in [2.45, 2.75) is 6.54 Å². The van der Waals surface area contributed by atoms with Crippen molar-refractivity contribution in [3.8, 4) is 0 Å². The molecular formula is C10H7FIN3O2S. The van der Waals surface area contributed by atoms with E-state index in [1.165, 1.54) is 11.3 Å². The highest BCUT2D eigenvalue weighted by Gasteiger charge is 2.14. The number of thiazole rings is 1. The minimum absolute atomic E-state index is 0.150. The number of nitro groups is 1. The first-order chi connectivity index (χ1) is 8.56. The number of rotatable bonds is 4. The molecule has 1 heterocycles. The summed E-state index contributed by atoms with van der Waals surface area (Å²) in [6.07, 6.45) is 1.71. The van der Waals surface area contributed by atoms with Crippen LogP contribution in [0.25, 0.3) is 0 Å². The molecule has 8 heteroatoms. The molecule has 0 aliphatic carbocycles. The number of anilines is 1. The Kier molecular flexibility index (Phi) is 4.07. The van der Waals surface area contributed by atoms with E-state index < -0.39 is 10.7 Å². The molecule has 2 rings (SSSR count). The first-order valence-electron chi connectivity index (χ1n) is 4.84. The Bertz CT molecular complexity index is 590. The predicted octanol–water partition coefficient (Wildman–Crippen LogP) is 3.41. The summed E-state index contributed by atoms with van der Waals surface area (Å²) in [4.78, 5) is 14.3. The lowest BCUT2D eigenvalue weighted by Crippen LogP contribution is -2.02. The maximum Gasteiger partial charge on any atom is 0.292 e. The summed E-state index contributed by atoms with van der Waals surface area (Å²) in [5, 5.41) is 14.4. The van der Waals surface area contributed by atoms with Crippen LogP contribution in [0.1, 0.15) is 5.01 Å². The Morgan fingerprint density at radius 3 is 2.94 bits per heavy atom. The molecule has 2 aromatic rings. The van der Waals surface area contributed by atoms with Gasteiger partial charge in [-0.2, -0.15) is 0 Å². The molecule has 1 aromatic heterocycles. The molecule has 0 amide bonds. The molecular weight excluding hydrogens is 372 g/mol. The molecule has 0 saturated heterocycles. The van der Waals surface area contributed by atoms with Crippen molar-refractivity contribution in [3.05, 3.63) is 48.2 Å². The number of benzene rings is 1. The lowest BCUT2D eigenvalue weighted by molar-refractivity contribution is -0.384. The highest BCUT2D eigenvalue weighted by molar-refractivity contribution is 14.1. The molecule has 1 aromatic carbocycles. The second-order valence-electron chi connectivity index (χ2n) is 3.33. The number of halogens is 2. The third-order valence-corrected chi connectivity index (χ3v) is 3.84. The van der Waals surface area contributed by atoms with E-state index in [4.69, 9.17) is 0 Å². The fourth-order valence-electron chi connectivity index (χ4n) is 1.35. The largest absolute Gasteiger partial charge is 0.373 e. The van der Waals surface area contributed by atoms with Gasteiger partial charge in [-0.3, -0.25) is 10.1 Å². The van der Waals surface area contributed by atoms with Crippen molar-refractivity contribution < 1.29 is 9.31 Å². The van der Waals surface area contributed by atoms with E-state index in [1.54, 1.807) is 6.20 Å². The van der Waals surface area contributed by atoms with E-state index >= 15 is 0 Å². The zero-order chi connectivity index (χ0) is 13.1. The van der Waals surface area contributed by atoms with Gasteiger partial charge in [0.15, 0.2) is 0 Å². The van der Waals surface area contributed by atoms with Gasteiger partial charge < -0.3 is 5.32 Å². The summed E-state index contributed by atoms with van der Waals surface area (Å²) in [5.41, 5.74) is 0.00728. The van der Waals surface area contributed by atoms with Crippen LogP contribution in [-0.2, 0) is 6.54 Å². The number of aromatic nitrogens is 1. The summed E-state index contributed by atoms with van der Waals surface area (Å²) in [7, 11) is 0. The number of hydrogen-bond donors (Lipinski definition) is 1. The molecule has 0 atom stereocenters. The second kappa shape index (κ2) is 5.57. The fraction of sp³-hybridized carbons (Fsp3) is 0.100. The Morgan fingerprint density at radius 1 is 1.56 bits per heavy atom. The van der Waals surface area contributed by atoms with Crippen molar-refractivity contribution in [1.29, 1.82) is 0 Å². The second-order valence-corrected chi connectivity index (χ2v) is 6.34. The van der Waals surface area contributed by atoms with Crippen LogP contribution >= 0.6 is 33.9 Å². The topological polar surface area (TPSA) is 68.1 Å². The molecule has 0 spiro atoms. The Labute approximate surface area is 119 Å². The summed E-state index contributed by atoms with van der Waals surface area (Å²) >= 11 is 3.61. The molecule has 5 nitrogen and oxygen atoms in total. The summed E-state index contributed by atoms with van der Waals surface area (Å²) in [6, 6.07) is 3.32. The van der Waals surface area contributed by atoms with Crippen LogP contribution in [0.5, 0.6) is 0 Å². The molecule has 0 unspecified atom stereocenters. The zero-order valence-electron chi connectivity index (χ0n) is 8.89. The molecule has 18 heavy (non-hydrogen) atoms. The minimum Gasteiger partial charge on any atom is -0.373 e. The van der Waals surface area contributed by atoms with Crippen molar-refractivity contribution in [1.82, 2.24) is 4.98 Å². The molecule has 1 N–H and O–H groups in total. The van der Waals surface area contributed by atoms with E-state index in [1.807, 2.05) is 0 Å². The van der Waals surface area contributed by atoms with Crippen LogP contribution in [0.2, 0.25) is 0 Å². The van der Waals surface area contributed by atoms with Crippen LogP contribution < -0.4 is 5.32 Å². The molecule has 0 radical (unpaired) electrons. The van der Waals surface area contributed by atoms with Crippen LogP contribution in [0, 0.1) is 18.8 Å². The SMILES string of the molecule is O=[N+]([O-])c1ccc(F)cc1NCc1ncc(I)s1. The van der Waals surface area contributed by atoms with Crippen LogP contribution in [-0.4, -0.2) is 9.91 Å². The Morgan fingerprint density at radius 2 is 2.33 bits per heavy atom. The van der Waals surface area contributed by atoms with Crippen LogP contribution in [0.3, 0.4) is 0 Å². The van der Waals surface area contributed by atoms with Crippen molar-refractivity contribution >= 4 is 45.3 Å². The first-order valence-corrected chi connectivity index (χ1v) is 6.74. The van der Waals surface area contributed by atoms with E-state index in [0.717, 1.165) is 26.1 Å². The molecule has 0 fully saturated rings. The first kappa shape index (κ1) is 13.1. The normalized spacial score (nSPS) is 10.3. The third-order valence-electron chi connectivity index (χ3n) is 2.11. The predicted molar refractivity (Wildman–Crippen MR) is 75.2 cm³/mol. The number of nitro benzene ring substituents is 1. The Hall–Kier alpha value is -1.29. The van der Waals surface area contributed by atoms with Crippen LogP contribution in [0.4, 0.5) is 15.8 Å². The number of nitrogens with one attached hydrogen (secondary N) is 1. The van der Waals surface area contributed by atoms with E-state index in [9.17, 15) is 14.5 Å². The van der Waals surface area contributed by atoms with E-state index in [-0.39, 0.29) is 11.4 Å². The minimum atomic E-state index is -0.548. The maximum atomic E-state index is 13.1. The van der Waals surface area contributed by atoms with E-state index in [0.29, 0.717) is 6.54 Å². The lowest BCUT2D eigenvalue weighted by atomic mass is 10.2. The Balaban J connectivity index is 2.17. The highest BCUT2D eigenvalue weighted by Crippen LogP contribution is 2.26. The fourth-order valence-corrected chi connectivity index (χ4v) is 2.83. The van der Waals surface area contributed by atoms with Gasteiger partial charge >= 0.3 is 0 Å². The molecule has 94 valence electrons. The van der Waals surface area contributed by atoms with Gasteiger partial charge in [-0.25, -0.2) is 9.37 Å². The molecule has 0 bridgehead atoms. The van der Waals surface area contributed by atoms with Crippen LogP contribution in [0.15, 0.2) is 24.4 Å². The molecule has 0 aliphatic heterocycles. The summed E-state index contributed by atoms with van der Waals surface area (Å²) < 4.78 is 14.1. The maximum absolute atomic E-state index is 13.1. The van der Waals surface area contributed by atoms with Gasteiger partial charge in [-0.05, 0) is 28.7 Å². The zero-order valence-corrected chi connectivity index (χ0v) is 11.9.